The number of rotatable bonds is 6. The van der Waals surface area contributed by atoms with Gasteiger partial charge in [-0.3, -0.25) is 4.68 Å². The Balaban J connectivity index is 2.67. The van der Waals surface area contributed by atoms with Gasteiger partial charge in [0.2, 0.25) is 0 Å². The second-order valence-electron chi connectivity index (χ2n) is 5.51. The largest absolute Gasteiger partial charge is 0.394 e. The molecule has 17 heavy (non-hydrogen) atoms. The van der Waals surface area contributed by atoms with Crippen LogP contribution >= 0.6 is 0 Å². The molecule has 1 rings (SSSR count). The quantitative estimate of drug-likeness (QED) is 0.797. The van der Waals surface area contributed by atoms with Gasteiger partial charge in [0.15, 0.2) is 0 Å². The maximum absolute atomic E-state index is 9.54. The number of hydrogen-bond acceptors (Lipinski definition) is 3. The van der Waals surface area contributed by atoms with Gasteiger partial charge in [-0.15, -0.1) is 0 Å². The Hall–Kier alpha value is -0.870. The van der Waals surface area contributed by atoms with E-state index >= 15 is 0 Å². The Kier molecular flexibility index (Phi) is 4.71. The second-order valence-corrected chi connectivity index (χ2v) is 5.51. The Bertz CT molecular complexity index is 348. The van der Waals surface area contributed by atoms with E-state index in [2.05, 4.69) is 38.1 Å². The van der Waals surface area contributed by atoms with Gasteiger partial charge >= 0.3 is 0 Å². The van der Waals surface area contributed by atoms with Crippen molar-refractivity contribution in [2.24, 2.45) is 0 Å². The molecule has 2 atom stereocenters. The van der Waals surface area contributed by atoms with E-state index in [4.69, 9.17) is 0 Å². The van der Waals surface area contributed by atoms with Crippen LogP contribution in [0.5, 0.6) is 0 Å². The number of aliphatic hydroxyl groups excluding tert-OH is 1. The molecule has 0 bridgehead atoms. The molecule has 0 radical (unpaired) electrons. The Morgan fingerprint density at radius 1 is 1.47 bits per heavy atom. The monoisotopic (exact) mass is 239 g/mol. The molecule has 0 saturated heterocycles. The standard InChI is InChI=1S/C13H25N3O/c1-10(2)14-13(5,9-17)8-12(4)16-7-6-11(3)15-16/h6-7,10,12,14,17H,8-9H2,1-5H3. The Morgan fingerprint density at radius 3 is 2.53 bits per heavy atom. The lowest BCUT2D eigenvalue weighted by Crippen LogP contribution is -2.50. The third kappa shape index (κ3) is 4.13. The zero-order chi connectivity index (χ0) is 13.1. The normalized spacial score (nSPS) is 17.1. The van der Waals surface area contributed by atoms with Crippen LogP contribution in [0.25, 0.3) is 0 Å². The van der Waals surface area contributed by atoms with Crippen LogP contribution in [0.15, 0.2) is 12.3 Å². The van der Waals surface area contributed by atoms with Crippen molar-refractivity contribution >= 4 is 0 Å². The van der Waals surface area contributed by atoms with Gasteiger partial charge in [-0.2, -0.15) is 5.10 Å². The van der Waals surface area contributed by atoms with E-state index < -0.39 is 0 Å². The summed E-state index contributed by atoms with van der Waals surface area (Å²) >= 11 is 0. The zero-order valence-electron chi connectivity index (χ0n) is 11.6. The highest BCUT2D eigenvalue weighted by atomic mass is 16.3. The first kappa shape index (κ1) is 14.2. The number of nitrogens with zero attached hydrogens (tertiary/aromatic N) is 2. The van der Waals surface area contributed by atoms with Gasteiger partial charge in [0, 0.05) is 17.8 Å². The van der Waals surface area contributed by atoms with Crippen LogP contribution in [0.2, 0.25) is 0 Å². The number of hydrogen-bond donors (Lipinski definition) is 2. The molecule has 0 fully saturated rings. The predicted molar refractivity (Wildman–Crippen MR) is 70.1 cm³/mol. The molecule has 98 valence electrons. The lowest BCUT2D eigenvalue weighted by molar-refractivity contribution is 0.140. The molecule has 1 aromatic heterocycles. The van der Waals surface area contributed by atoms with Gasteiger partial charge in [-0.05, 0) is 33.3 Å². The van der Waals surface area contributed by atoms with Crippen molar-refractivity contribution in [1.82, 2.24) is 15.1 Å². The summed E-state index contributed by atoms with van der Waals surface area (Å²) in [6.07, 6.45) is 2.84. The summed E-state index contributed by atoms with van der Waals surface area (Å²) in [5.41, 5.74) is 0.771. The molecule has 0 amide bonds. The summed E-state index contributed by atoms with van der Waals surface area (Å²) in [5.74, 6) is 0. The summed E-state index contributed by atoms with van der Waals surface area (Å²) in [6, 6.07) is 2.63. The maximum Gasteiger partial charge on any atom is 0.0611 e. The van der Waals surface area contributed by atoms with Crippen LogP contribution < -0.4 is 5.32 Å². The Morgan fingerprint density at radius 2 is 2.12 bits per heavy atom. The fourth-order valence-electron chi connectivity index (χ4n) is 2.29. The molecular formula is C13H25N3O. The zero-order valence-corrected chi connectivity index (χ0v) is 11.6. The van der Waals surface area contributed by atoms with Crippen LogP contribution in [-0.4, -0.2) is 33.1 Å². The molecule has 4 nitrogen and oxygen atoms in total. The average molecular weight is 239 g/mol. The SMILES string of the molecule is Cc1ccn(C(C)CC(C)(CO)NC(C)C)n1. The van der Waals surface area contributed by atoms with Gasteiger partial charge in [-0.1, -0.05) is 13.8 Å². The Labute approximate surface area is 104 Å². The van der Waals surface area contributed by atoms with Crippen LogP contribution in [-0.2, 0) is 0 Å². The predicted octanol–water partition coefficient (Wildman–Crippen LogP) is 1.89. The van der Waals surface area contributed by atoms with Crippen molar-refractivity contribution in [3.05, 3.63) is 18.0 Å². The van der Waals surface area contributed by atoms with Gasteiger partial charge < -0.3 is 10.4 Å². The van der Waals surface area contributed by atoms with Crippen molar-refractivity contribution in [3.8, 4) is 0 Å². The minimum atomic E-state index is -0.257. The number of aliphatic hydroxyl groups is 1. The number of nitrogens with one attached hydrogen (secondary N) is 1. The molecule has 2 N–H and O–H groups in total. The molecule has 0 aliphatic rings. The van der Waals surface area contributed by atoms with Gasteiger partial charge in [0.1, 0.15) is 0 Å². The molecule has 0 spiro atoms. The van der Waals surface area contributed by atoms with Crippen molar-refractivity contribution in [1.29, 1.82) is 0 Å². The molecule has 0 aromatic carbocycles. The molecule has 2 unspecified atom stereocenters. The summed E-state index contributed by atoms with van der Waals surface area (Å²) in [5, 5.41) is 17.4. The topological polar surface area (TPSA) is 50.1 Å². The lowest BCUT2D eigenvalue weighted by Gasteiger charge is -2.33. The molecular weight excluding hydrogens is 214 g/mol. The second kappa shape index (κ2) is 5.65. The van der Waals surface area contributed by atoms with E-state index in [1.807, 2.05) is 23.9 Å². The first-order valence-corrected chi connectivity index (χ1v) is 6.26. The van der Waals surface area contributed by atoms with E-state index in [-0.39, 0.29) is 18.2 Å². The first-order valence-electron chi connectivity index (χ1n) is 6.26. The van der Waals surface area contributed by atoms with Gasteiger partial charge in [0.05, 0.1) is 18.3 Å². The number of aryl methyl sites for hydroxylation is 1. The van der Waals surface area contributed by atoms with Crippen molar-refractivity contribution in [2.75, 3.05) is 6.61 Å². The summed E-state index contributed by atoms with van der Waals surface area (Å²) in [4.78, 5) is 0. The molecule has 0 aliphatic heterocycles. The van der Waals surface area contributed by atoms with Crippen LogP contribution in [0.4, 0.5) is 0 Å². The fraction of sp³-hybridized carbons (Fsp3) is 0.769. The summed E-state index contributed by atoms with van der Waals surface area (Å²) in [7, 11) is 0. The van der Waals surface area contributed by atoms with Crippen LogP contribution in [0.1, 0.15) is 45.9 Å². The summed E-state index contributed by atoms with van der Waals surface area (Å²) in [6.45, 7) is 10.5. The third-order valence-corrected chi connectivity index (χ3v) is 2.93. The third-order valence-electron chi connectivity index (χ3n) is 2.93. The molecule has 1 heterocycles. The average Bonchev–Trinajstić information content (AvgIpc) is 2.63. The molecule has 0 saturated carbocycles. The molecule has 4 heteroatoms. The fourth-order valence-corrected chi connectivity index (χ4v) is 2.29. The smallest absolute Gasteiger partial charge is 0.0611 e. The lowest BCUT2D eigenvalue weighted by atomic mass is 9.93. The minimum absolute atomic E-state index is 0.135. The van der Waals surface area contributed by atoms with E-state index in [9.17, 15) is 5.11 Å². The highest BCUT2D eigenvalue weighted by Crippen LogP contribution is 2.20. The van der Waals surface area contributed by atoms with E-state index in [0.29, 0.717) is 6.04 Å². The highest BCUT2D eigenvalue weighted by Gasteiger charge is 2.27. The van der Waals surface area contributed by atoms with Crippen molar-refractivity contribution < 1.29 is 5.11 Å². The highest BCUT2D eigenvalue weighted by molar-refractivity contribution is 4.97. The van der Waals surface area contributed by atoms with E-state index in [0.717, 1.165) is 12.1 Å². The van der Waals surface area contributed by atoms with Crippen molar-refractivity contribution in [2.45, 2.75) is 58.7 Å². The van der Waals surface area contributed by atoms with E-state index in [1.54, 1.807) is 0 Å². The molecule has 0 aliphatic carbocycles. The minimum Gasteiger partial charge on any atom is -0.394 e. The van der Waals surface area contributed by atoms with E-state index in [1.165, 1.54) is 0 Å². The van der Waals surface area contributed by atoms with Crippen LogP contribution in [0.3, 0.4) is 0 Å². The summed E-state index contributed by atoms with van der Waals surface area (Å²) < 4.78 is 1.96. The van der Waals surface area contributed by atoms with Gasteiger partial charge in [0.25, 0.3) is 0 Å². The van der Waals surface area contributed by atoms with Gasteiger partial charge in [-0.25, -0.2) is 0 Å². The maximum atomic E-state index is 9.54. The number of aromatic nitrogens is 2. The first-order chi connectivity index (χ1) is 7.86. The van der Waals surface area contributed by atoms with Crippen molar-refractivity contribution in [3.63, 3.8) is 0 Å². The molecule has 1 aromatic rings. The van der Waals surface area contributed by atoms with Crippen LogP contribution in [0, 0.1) is 6.92 Å².